The molecule has 2 heteroatoms. The number of rotatable bonds is 6. The zero-order valence-corrected chi connectivity index (χ0v) is 11.5. The molecular formula is C14H30N2. The average molecular weight is 226 g/mol. The van der Waals surface area contributed by atoms with Gasteiger partial charge in [0.15, 0.2) is 0 Å². The van der Waals surface area contributed by atoms with E-state index < -0.39 is 0 Å². The van der Waals surface area contributed by atoms with Crippen LogP contribution < -0.4 is 5.73 Å². The molecule has 1 heterocycles. The van der Waals surface area contributed by atoms with Gasteiger partial charge in [-0.1, -0.05) is 33.6 Å². The van der Waals surface area contributed by atoms with Crippen LogP contribution in [0.5, 0.6) is 0 Å². The van der Waals surface area contributed by atoms with Crippen molar-refractivity contribution in [1.82, 2.24) is 4.90 Å². The van der Waals surface area contributed by atoms with Gasteiger partial charge in [-0.05, 0) is 38.1 Å². The van der Waals surface area contributed by atoms with E-state index in [-0.39, 0.29) is 0 Å². The van der Waals surface area contributed by atoms with E-state index in [1.54, 1.807) is 0 Å². The maximum absolute atomic E-state index is 6.11. The summed E-state index contributed by atoms with van der Waals surface area (Å²) in [5, 5.41) is 0. The Morgan fingerprint density at radius 2 is 1.88 bits per heavy atom. The van der Waals surface area contributed by atoms with Gasteiger partial charge in [-0.25, -0.2) is 0 Å². The molecule has 1 saturated heterocycles. The molecule has 0 bridgehead atoms. The highest BCUT2D eigenvalue weighted by molar-refractivity contribution is 4.93. The molecule has 96 valence electrons. The zero-order valence-electron chi connectivity index (χ0n) is 11.5. The van der Waals surface area contributed by atoms with Crippen LogP contribution in [0.4, 0.5) is 0 Å². The lowest BCUT2D eigenvalue weighted by atomic mass is 9.84. The Bertz CT molecular complexity index is 185. The van der Waals surface area contributed by atoms with Gasteiger partial charge in [-0.15, -0.1) is 0 Å². The highest BCUT2D eigenvalue weighted by atomic mass is 15.2. The lowest BCUT2D eigenvalue weighted by Crippen LogP contribution is -2.56. The Kier molecular flexibility index (Phi) is 5.77. The Morgan fingerprint density at radius 3 is 2.31 bits per heavy atom. The Labute approximate surface area is 102 Å². The van der Waals surface area contributed by atoms with Crippen molar-refractivity contribution in [2.75, 3.05) is 19.6 Å². The summed E-state index contributed by atoms with van der Waals surface area (Å²) in [5.41, 5.74) is 6.42. The first kappa shape index (κ1) is 14.0. The van der Waals surface area contributed by atoms with Gasteiger partial charge in [0.2, 0.25) is 0 Å². The third kappa shape index (κ3) is 3.21. The third-order valence-electron chi connectivity index (χ3n) is 4.14. The second-order valence-electron chi connectivity index (χ2n) is 5.62. The highest BCUT2D eigenvalue weighted by Gasteiger charge is 2.35. The van der Waals surface area contributed by atoms with Gasteiger partial charge in [0, 0.05) is 18.6 Å². The first-order chi connectivity index (χ1) is 7.68. The molecule has 0 amide bonds. The summed E-state index contributed by atoms with van der Waals surface area (Å²) in [7, 11) is 0. The Morgan fingerprint density at radius 1 is 1.25 bits per heavy atom. The maximum Gasteiger partial charge on any atom is 0.0331 e. The minimum Gasteiger partial charge on any atom is -0.329 e. The van der Waals surface area contributed by atoms with E-state index in [4.69, 9.17) is 5.73 Å². The number of nitrogens with zero attached hydrogens (tertiary/aromatic N) is 1. The molecule has 16 heavy (non-hydrogen) atoms. The number of nitrogens with two attached hydrogens (primary N) is 1. The van der Waals surface area contributed by atoms with E-state index >= 15 is 0 Å². The fourth-order valence-electron chi connectivity index (χ4n) is 3.33. The lowest BCUT2D eigenvalue weighted by Gasteiger charge is -2.47. The van der Waals surface area contributed by atoms with Gasteiger partial charge >= 0.3 is 0 Å². The lowest BCUT2D eigenvalue weighted by molar-refractivity contribution is 0.0367. The summed E-state index contributed by atoms with van der Waals surface area (Å²) in [6.07, 6.45) is 7.80. The van der Waals surface area contributed by atoms with E-state index in [2.05, 4.69) is 25.7 Å². The minimum atomic E-state index is 0.304. The predicted molar refractivity (Wildman–Crippen MR) is 71.6 cm³/mol. The van der Waals surface area contributed by atoms with Gasteiger partial charge in [0.05, 0.1) is 0 Å². The van der Waals surface area contributed by atoms with Gasteiger partial charge in [-0.3, -0.25) is 4.90 Å². The molecule has 1 atom stereocenters. The molecule has 1 aliphatic heterocycles. The maximum atomic E-state index is 6.11. The van der Waals surface area contributed by atoms with Gasteiger partial charge in [0.1, 0.15) is 0 Å². The van der Waals surface area contributed by atoms with E-state index in [0.29, 0.717) is 5.54 Å². The monoisotopic (exact) mass is 226 g/mol. The summed E-state index contributed by atoms with van der Waals surface area (Å²) in [6, 6.07) is 0. The molecule has 0 spiro atoms. The normalized spacial score (nSPS) is 23.6. The van der Waals surface area contributed by atoms with Crippen molar-refractivity contribution in [3.63, 3.8) is 0 Å². The second kappa shape index (κ2) is 6.61. The van der Waals surface area contributed by atoms with Crippen LogP contribution in [0.1, 0.15) is 59.3 Å². The first-order valence-corrected chi connectivity index (χ1v) is 7.13. The molecule has 0 radical (unpaired) electrons. The van der Waals surface area contributed by atoms with Crippen molar-refractivity contribution < 1.29 is 0 Å². The van der Waals surface area contributed by atoms with Crippen molar-refractivity contribution in [1.29, 1.82) is 0 Å². The number of hydrogen-bond acceptors (Lipinski definition) is 2. The quantitative estimate of drug-likeness (QED) is 0.754. The van der Waals surface area contributed by atoms with Gasteiger partial charge in [0.25, 0.3) is 0 Å². The summed E-state index contributed by atoms with van der Waals surface area (Å²) in [4.78, 5) is 2.70. The molecule has 1 aliphatic rings. The van der Waals surface area contributed by atoms with Crippen LogP contribution in [0.25, 0.3) is 0 Å². The minimum absolute atomic E-state index is 0.304. The van der Waals surface area contributed by atoms with Crippen LogP contribution in [-0.4, -0.2) is 30.1 Å². The molecule has 0 aliphatic carbocycles. The standard InChI is InChI=1S/C14H30N2/c1-4-8-14(12-15,9-5-2)16-10-6-7-13(3)11-16/h13H,4-12,15H2,1-3H3. The number of likely N-dealkylation sites (tertiary alicyclic amines) is 1. The summed E-state index contributed by atoms with van der Waals surface area (Å²) < 4.78 is 0. The van der Waals surface area contributed by atoms with Crippen LogP contribution in [0.2, 0.25) is 0 Å². The molecule has 1 fully saturated rings. The zero-order chi connectivity index (χ0) is 12.0. The van der Waals surface area contributed by atoms with Crippen molar-refractivity contribution in [3.8, 4) is 0 Å². The van der Waals surface area contributed by atoms with E-state index in [9.17, 15) is 0 Å². The largest absolute Gasteiger partial charge is 0.329 e. The van der Waals surface area contributed by atoms with Crippen molar-refractivity contribution in [2.45, 2.75) is 64.8 Å². The topological polar surface area (TPSA) is 29.3 Å². The molecular weight excluding hydrogens is 196 g/mol. The van der Waals surface area contributed by atoms with Gasteiger partial charge < -0.3 is 5.73 Å². The highest BCUT2D eigenvalue weighted by Crippen LogP contribution is 2.30. The Hall–Kier alpha value is -0.0800. The summed E-state index contributed by atoms with van der Waals surface area (Å²) in [5.74, 6) is 0.855. The van der Waals surface area contributed by atoms with Crippen LogP contribution in [0.3, 0.4) is 0 Å². The van der Waals surface area contributed by atoms with E-state index in [1.807, 2.05) is 0 Å². The number of hydrogen-bond donors (Lipinski definition) is 1. The van der Waals surface area contributed by atoms with Crippen LogP contribution in [0, 0.1) is 5.92 Å². The molecule has 0 aromatic heterocycles. The first-order valence-electron chi connectivity index (χ1n) is 7.13. The molecule has 1 unspecified atom stereocenters. The van der Waals surface area contributed by atoms with Crippen molar-refractivity contribution in [3.05, 3.63) is 0 Å². The fraction of sp³-hybridized carbons (Fsp3) is 1.00. The fourth-order valence-corrected chi connectivity index (χ4v) is 3.33. The van der Waals surface area contributed by atoms with E-state index in [1.165, 1.54) is 51.6 Å². The molecule has 0 aromatic carbocycles. The summed E-state index contributed by atoms with van der Waals surface area (Å²) >= 11 is 0. The summed E-state index contributed by atoms with van der Waals surface area (Å²) in [6.45, 7) is 10.3. The van der Waals surface area contributed by atoms with Crippen molar-refractivity contribution >= 4 is 0 Å². The second-order valence-corrected chi connectivity index (χ2v) is 5.62. The van der Waals surface area contributed by atoms with E-state index in [0.717, 1.165) is 12.5 Å². The Balaban J connectivity index is 2.72. The van der Waals surface area contributed by atoms with Crippen LogP contribution >= 0.6 is 0 Å². The molecule has 2 nitrogen and oxygen atoms in total. The molecule has 1 rings (SSSR count). The smallest absolute Gasteiger partial charge is 0.0331 e. The van der Waals surface area contributed by atoms with Crippen LogP contribution in [0.15, 0.2) is 0 Å². The molecule has 0 aromatic rings. The number of piperidine rings is 1. The SMILES string of the molecule is CCCC(CN)(CCC)N1CCCC(C)C1. The predicted octanol–water partition coefficient (Wildman–Crippen LogP) is 3.02. The van der Waals surface area contributed by atoms with Crippen LogP contribution in [-0.2, 0) is 0 Å². The third-order valence-corrected chi connectivity index (χ3v) is 4.14. The molecule has 2 N–H and O–H groups in total. The van der Waals surface area contributed by atoms with Gasteiger partial charge in [-0.2, -0.15) is 0 Å². The van der Waals surface area contributed by atoms with Crippen molar-refractivity contribution in [2.24, 2.45) is 11.7 Å². The molecule has 0 saturated carbocycles. The average Bonchev–Trinajstić information content (AvgIpc) is 2.28.